The van der Waals surface area contributed by atoms with E-state index in [1.807, 2.05) is 17.5 Å². The fourth-order valence-electron chi connectivity index (χ4n) is 3.38. The normalized spacial score (nSPS) is 12.5. The molecule has 4 aromatic heterocycles. The molecule has 0 bridgehead atoms. The fraction of sp³-hybridized carbons (Fsp3) is 0.143. The highest BCUT2D eigenvalue weighted by Gasteiger charge is 2.39. The average molecular weight is 496 g/mol. The average Bonchev–Trinajstić information content (AvgIpc) is 3.52. The molecular formula is C21H12F6N5OS+. The second-order valence-corrected chi connectivity index (χ2v) is 8.21. The summed E-state index contributed by atoms with van der Waals surface area (Å²) in [6.45, 7) is 0.0261. The van der Waals surface area contributed by atoms with E-state index >= 15 is 0 Å². The summed E-state index contributed by atoms with van der Waals surface area (Å²) in [5, 5.41) is 9.77. The molecule has 4 heterocycles. The minimum absolute atomic E-state index is 0.0261. The van der Waals surface area contributed by atoms with Gasteiger partial charge < -0.3 is 9.51 Å². The van der Waals surface area contributed by atoms with Crippen molar-refractivity contribution >= 4 is 22.4 Å². The smallest absolute Gasteiger partial charge is 0.354 e. The van der Waals surface area contributed by atoms with E-state index in [0.29, 0.717) is 22.9 Å². The number of H-pyrrole nitrogens is 1. The Kier molecular flexibility index (Phi) is 5.15. The molecule has 0 saturated carbocycles. The summed E-state index contributed by atoms with van der Waals surface area (Å²) in [4.78, 5) is 8.58. The molecule has 0 fully saturated rings. The number of fused-ring (bicyclic) bond motifs is 1. The Morgan fingerprint density at radius 1 is 1.03 bits per heavy atom. The number of hydrogen-bond donors (Lipinski definition) is 1. The molecule has 13 heteroatoms. The van der Waals surface area contributed by atoms with Crippen molar-refractivity contribution in [2.75, 3.05) is 0 Å². The number of aromatic amines is 1. The summed E-state index contributed by atoms with van der Waals surface area (Å²) < 4.78 is 85.7. The molecule has 0 radical (unpaired) electrons. The number of thiophene rings is 1. The highest BCUT2D eigenvalue weighted by molar-refractivity contribution is 7.13. The Hall–Kier alpha value is -3.74. The number of alkyl halides is 6. The van der Waals surface area contributed by atoms with Crippen LogP contribution in [0.3, 0.4) is 0 Å². The van der Waals surface area contributed by atoms with E-state index in [1.165, 1.54) is 28.3 Å². The number of imidazole rings is 1. The Morgan fingerprint density at radius 3 is 2.56 bits per heavy atom. The summed E-state index contributed by atoms with van der Waals surface area (Å²) in [7, 11) is 0. The zero-order chi connectivity index (χ0) is 24.1. The van der Waals surface area contributed by atoms with Crippen molar-refractivity contribution in [1.29, 1.82) is 0 Å². The van der Waals surface area contributed by atoms with Gasteiger partial charge in [-0.2, -0.15) is 26.3 Å². The molecule has 0 spiro atoms. The predicted molar refractivity (Wildman–Crippen MR) is 108 cm³/mol. The number of hydrogen-bond acceptors (Lipinski definition) is 5. The number of halogens is 6. The molecule has 174 valence electrons. The van der Waals surface area contributed by atoms with Crippen LogP contribution in [0.4, 0.5) is 26.3 Å². The first-order chi connectivity index (χ1) is 16.1. The molecule has 0 aliphatic rings. The lowest BCUT2D eigenvalue weighted by molar-refractivity contribution is -0.746. The minimum Gasteiger partial charge on any atom is -0.354 e. The molecule has 0 atom stereocenters. The maximum absolute atomic E-state index is 13.5. The van der Waals surface area contributed by atoms with E-state index in [4.69, 9.17) is 4.52 Å². The molecule has 5 rings (SSSR count). The van der Waals surface area contributed by atoms with Gasteiger partial charge in [-0.3, -0.25) is 0 Å². The third-order valence-corrected chi connectivity index (χ3v) is 5.80. The van der Waals surface area contributed by atoms with E-state index < -0.39 is 29.0 Å². The molecule has 0 amide bonds. The molecule has 1 aromatic carbocycles. The molecule has 5 aromatic rings. The molecule has 0 saturated heterocycles. The minimum atomic E-state index is -5.02. The van der Waals surface area contributed by atoms with Gasteiger partial charge in [0.1, 0.15) is 28.7 Å². The maximum atomic E-state index is 13.5. The van der Waals surface area contributed by atoms with Crippen LogP contribution in [0.1, 0.15) is 16.9 Å². The molecule has 0 aliphatic carbocycles. The van der Waals surface area contributed by atoms with Crippen LogP contribution in [0.25, 0.3) is 33.0 Å². The summed E-state index contributed by atoms with van der Waals surface area (Å²) in [6.07, 6.45) is -6.75. The molecule has 1 N–H and O–H groups in total. The van der Waals surface area contributed by atoms with E-state index in [2.05, 4.69) is 20.2 Å². The lowest BCUT2D eigenvalue weighted by atomic mass is 10.0. The van der Waals surface area contributed by atoms with E-state index in [0.717, 1.165) is 10.9 Å². The molecule has 34 heavy (non-hydrogen) atoms. The van der Waals surface area contributed by atoms with Crippen molar-refractivity contribution in [2.24, 2.45) is 0 Å². The summed E-state index contributed by atoms with van der Waals surface area (Å²) in [6, 6.07) is 6.43. The third-order valence-electron chi connectivity index (χ3n) is 4.93. The number of benzene rings is 1. The summed E-state index contributed by atoms with van der Waals surface area (Å²) >= 11 is 1.52. The van der Waals surface area contributed by atoms with Crippen LogP contribution in [0.5, 0.6) is 0 Å². The van der Waals surface area contributed by atoms with Crippen LogP contribution in [-0.4, -0.2) is 20.2 Å². The van der Waals surface area contributed by atoms with Crippen LogP contribution in [-0.2, 0) is 18.9 Å². The van der Waals surface area contributed by atoms with Crippen LogP contribution < -0.4 is 4.68 Å². The molecule has 0 unspecified atom stereocenters. The quantitative estimate of drug-likeness (QED) is 0.255. The highest BCUT2D eigenvalue weighted by Crippen LogP contribution is 2.40. The van der Waals surface area contributed by atoms with Crippen molar-refractivity contribution in [3.63, 3.8) is 0 Å². The Bertz CT molecular complexity index is 1470. The third kappa shape index (κ3) is 4.25. The second-order valence-electron chi connectivity index (χ2n) is 7.27. The summed E-state index contributed by atoms with van der Waals surface area (Å²) in [5.74, 6) is 0.839. The summed E-state index contributed by atoms with van der Waals surface area (Å²) in [5.41, 5.74) is -2.30. The van der Waals surface area contributed by atoms with Gasteiger partial charge in [-0.25, -0.2) is 4.98 Å². The predicted octanol–water partition coefficient (Wildman–Crippen LogP) is 5.71. The van der Waals surface area contributed by atoms with Crippen LogP contribution in [0.2, 0.25) is 0 Å². The van der Waals surface area contributed by atoms with Gasteiger partial charge in [-0.05, 0) is 28.7 Å². The van der Waals surface area contributed by atoms with Gasteiger partial charge >= 0.3 is 12.4 Å². The standard InChI is InChI=1S/C21H11F6N5OS/c22-20(23,24)11-3-4-13(14(6-11)21(25,26)27)15-7-12(33-31-15)9-32-10-17-16(8-28-32)29-19(30-17)18-2-1-5-34-18/h1-8,10H,9H2/p+1. The number of nitrogens with zero attached hydrogens (tertiary/aromatic N) is 4. The van der Waals surface area contributed by atoms with Gasteiger partial charge in [0.2, 0.25) is 18.5 Å². The first-order valence-corrected chi connectivity index (χ1v) is 10.5. The Labute approximate surface area is 190 Å². The monoisotopic (exact) mass is 496 g/mol. The SMILES string of the molecule is FC(F)(F)c1ccc(-c2cc(C[n+]3cc4[nH]c(-c5cccs5)nc4cn3)on2)c(C(F)(F)F)c1. The van der Waals surface area contributed by atoms with Gasteiger partial charge in [0.05, 0.1) is 16.0 Å². The van der Waals surface area contributed by atoms with Gasteiger partial charge in [0.25, 0.3) is 0 Å². The number of rotatable bonds is 4. The largest absolute Gasteiger partial charge is 0.417 e. The molecule has 6 nitrogen and oxygen atoms in total. The fourth-order valence-corrected chi connectivity index (χ4v) is 4.05. The van der Waals surface area contributed by atoms with Crippen molar-refractivity contribution in [2.45, 2.75) is 18.9 Å². The van der Waals surface area contributed by atoms with E-state index in [1.54, 1.807) is 6.20 Å². The van der Waals surface area contributed by atoms with Crippen molar-refractivity contribution < 1.29 is 35.5 Å². The van der Waals surface area contributed by atoms with Crippen molar-refractivity contribution in [1.82, 2.24) is 20.2 Å². The van der Waals surface area contributed by atoms with Gasteiger partial charge in [0, 0.05) is 11.6 Å². The lowest BCUT2D eigenvalue weighted by Gasteiger charge is -2.14. The van der Waals surface area contributed by atoms with Crippen LogP contribution >= 0.6 is 11.3 Å². The first-order valence-electron chi connectivity index (χ1n) is 9.62. The number of nitrogens with one attached hydrogen (secondary N) is 1. The lowest BCUT2D eigenvalue weighted by Crippen LogP contribution is -2.37. The molecule has 0 aliphatic heterocycles. The first kappa shape index (κ1) is 22.1. The Balaban J connectivity index is 1.44. The van der Waals surface area contributed by atoms with Crippen LogP contribution in [0.15, 0.2) is 58.7 Å². The van der Waals surface area contributed by atoms with Crippen LogP contribution in [0, 0.1) is 0 Å². The van der Waals surface area contributed by atoms with Crippen molar-refractivity contribution in [3.05, 3.63) is 71.1 Å². The topological polar surface area (TPSA) is 71.5 Å². The molecular weight excluding hydrogens is 484 g/mol. The zero-order valence-corrected chi connectivity index (χ0v) is 17.6. The zero-order valence-electron chi connectivity index (χ0n) is 16.8. The number of aromatic nitrogens is 5. The van der Waals surface area contributed by atoms with Gasteiger partial charge in [-0.1, -0.05) is 22.0 Å². The van der Waals surface area contributed by atoms with E-state index in [-0.39, 0.29) is 24.1 Å². The van der Waals surface area contributed by atoms with Gasteiger partial charge in [-0.15, -0.1) is 11.3 Å². The highest BCUT2D eigenvalue weighted by atomic mass is 32.1. The van der Waals surface area contributed by atoms with Gasteiger partial charge in [0.15, 0.2) is 0 Å². The second kappa shape index (κ2) is 7.94. The maximum Gasteiger partial charge on any atom is 0.417 e. The van der Waals surface area contributed by atoms with E-state index in [9.17, 15) is 26.3 Å². The van der Waals surface area contributed by atoms with Crippen molar-refractivity contribution in [3.8, 4) is 22.0 Å². The Morgan fingerprint density at radius 2 is 1.85 bits per heavy atom.